The Hall–Kier alpha value is -3.44. The van der Waals surface area contributed by atoms with Gasteiger partial charge in [0.25, 0.3) is 0 Å². The summed E-state index contributed by atoms with van der Waals surface area (Å²) < 4.78 is 0. The van der Waals surface area contributed by atoms with Gasteiger partial charge in [-0.1, -0.05) is 60.7 Å². The van der Waals surface area contributed by atoms with Gasteiger partial charge in [-0.05, 0) is 48.2 Å². The molecular weight excluding hydrogens is 412 g/mol. The topological polar surface area (TPSA) is 60.9 Å². The van der Waals surface area contributed by atoms with Gasteiger partial charge in [-0.15, -0.1) is 0 Å². The zero-order chi connectivity index (χ0) is 23.0. The largest absolute Gasteiger partial charge is 0.394 e. The molecule has 5 heteroatoms. The van der Waals surface area contributed by atoms with Gasteiger partial charge >= 0.3 is 0 Å². The van der Waals surface area contributed by atoms with Crippen LogP contribution in [0.5, 0.6) is 0 Å². The average molecular weight is 443 g/mol. The molecular formula is C28H30N2O3. The van der Waals surface area contributed by atoms with E-state index in [9.17, 15) is 14.7 Å². The second kappa shape index (κ2) is 10.9. The van der Waals surface area contributed by atoms with Crippen LogP contribution < -0.4 is 4.90 Å². The minimum absolute atomic E-state index is 0.0861. The lowest BCUT2D eigenvalue weighted by Crippen LogP contribution is -2.44. The van der Waals surface area contributed by atoms with E-state index in [2.05, 4.69) is 4.90 Å². The Balaban J connectivity index is 1.50. The van der Waals surface area contributed by atoms with Crippen LogP contribution in [0, 0.1) is 5.92 Å². The van der Waals surface area contributed by atoms with Crippen molar-refractivity contribution in [3.63, 3.8) is 0 Å². The number of hydrogen-bond donors (Lipinski definition) is 1. The summed E-state index contributed by atoms with van der Waals surface area (Å²) >= 11 is 0. The first-order valence-electron chi connectivity index (χ1n) is 11.5. The fourth-order valence-corrected chi connectivity index (χ4v) is 4.56. The van der Waals surface area contributed by atoms with Crippen LogP contribution in [0.2, 0.25) is 0 Å². The molecule has 3 aromatic carbocycles. The lowest BCUT2D eigenvalue weighted by Gasteiger charge is -2.38. The van der Waals surface area contributed by atoms with Crippen molar-refractivity contribution >= 4 is 17.9 Å². The number of hydrogen-bond acceptors (Lipinski definition) is 4. The molecule has 0 aliphatic carbocycles. The Morgan fingerprint density at radius 1 is 0.939 bits per heavy atom. The molecule has 0 saturated carbocycles. The molecule has 0 radical (unpaired) electrons. The normalized spacial score (nSPS) is 15.1. The van der Waals surface area contributed by atoms with E-state index in [-0.39, 0.29) is 24.5 Å². The second-order valence-electron chi connectivity index (χ2n) is 8.53. The van der Waals surface area contributed by atoms with Gasteiger partial charge in [-0.25, -0.2) is 0 Å². The summed E-state index contributed by atoms with van der Waals surface area (Å²) in [5.74, 6) is 0.00896. The van der Waals surface area contributed by atoms with Gasteiger partial charge in [0.15, 0.2) is 0 Å². The summed E-state index contributed by atoms with van der Waals surface area (Å²) in [6, 6.07) is 26.9. The zero-order valence-corrected chi connectivity index (χ0v) is 18.7. The van der Waals surface area contributed by atoms with Crippen LogP contribution >= 0.6 is 0 Å². The van der Waals surface area contributed by atoms with Gasteiger partial charge in [-0.2, -0.15) is 0 Å². The van der Waals surface area contributed by atoms with Crippen LogP contribution in [0.25, 0.3) is 0 Å². The van der Waals surface area contributed by atoms with E-state index < -0.39 is 0 Å². The van der Waals surface area contributed by atoms with Crippen LogP contribution in [0.3, 0.4) is 0 Å². The standard InChI is InChI=1S/C28H30N2O3/c31-20-23-11-13-26(14-12-23)29-17-15-25(16-18-29)28(33)30(19-22-7-3-1-4-8-22)27(21-32)24-9-5-2-6-10-24/h1-14,20,25,27,32H,15-19,21H2/t27-/m0/s1. The highest BCUT2D eigenvalue weighted by Gasteiger charge is 2.32. The third-order valence-corrected chi connectivity index (χ3v) is 6.45. The van der Waals surface area contributed by atoms with Crippen molar-refractivity contribution in [3.05, 3.63) is 102 Å². The zero-order valence-electron chi connectivity index (χ0n) is 18.7. The van der Waals surface area contributed by atoms with Crippen molar-refractivity contribution in [2.75, 3.05) is 24.6 Å². The summed E-state index contributed by atoms with van der Waals surface area (Å²) in [7, 11) is 0. The number of aliphatic hydroxyl groups excluding tert-OH is 1. The summed E-state index contributed by atoms with van der Waals surface area (Å²) in [6.45, 7) is 1.91. The van der Waals surface area contributed by atoms with Crippen LogP contribution in [0.1, 0.15) is 40.4 Å². The van der Waals surface area contributed by atoms with Crippen LogP contribution in [-0.4, -0.2) is 41.9 Å². The Morgan fingerprint density at radius 3 is 2.12 bits per heavy atom. The molecule has 1 amide bonds. The molecule has 0 aromatic heterocycles. The van der Waals surface area contributed by atoms with E-state index in [1.807, 2.05) is 89.8 Å². The molecule has 33 heavy (non-hydrogen) atoms. The monoisotopic (exact) mass is 442 g/mol. The number of aliphatic hydroxyl groups is 1. The molecule has 0 spiro atoms. The number of nitrogens with zero attached hydrogens (tertiary/aromatic N) is 2. The Labute approximate surface area is 195 Å². The van der Waals surface area contributed by atoms with E-state index in [4.69, 9.17) is 0 Å². The maximum absolute atomic E-state index is 13.8. The number of carbonyl (C=O) groups excluding carboxylic acids is 2. The van der Waals surface area contributed by atoms with Gasteiger partial charge in [0.2, 0.25) is 5.91 Å². The van der Waals surface area contributed by atoms with Crippen molar-refractivity contribution in [3.8, 4) is 0 Å². The fraction of sp³-hybridized carbons (Fsp3) is 0.286. The molecule has 1 fully saturated rings. The van der Waals surface area contributed by atoms with Crippen molar-refractivity contribution in [2.45, 2.75) is 25.4 Å². The van der Waals surface area contributed by atoms with E-state index in [1.165, 1.54) is 0 Å². The summed E-state index contributed by atoms with van der Waals surface area (Å²) in [5, 5.41) is 10.3. The molecule has 170 valence electrons. The maximum atomic E-state index is 13.8. The molecule has 1 heterocycles. The first kappa shape index (κ1) is 22.7. The molecule has 1 N–H and O–H groups in total. The summed E-state index contributed by atoms with van der Waals surface area (Å²) in [4.78, 5) is 28.8. The Kier molecular flexibility index (Phi) is 7.53. The lowest BCUT2D eigenvalue weighted by atomic mass is 9.93. The molecule has 5 nitrogen and oxygen atoms in total. The maximum Gasteiger partial charge on any atom is 0.226 e. The molecule has 0 bridgehead atoms. The highest BCUT2D eigenvalue weighted by Crippen LogP contribution is 2.30. The van der Waals surface area contributed by atoms with Gasteiger partial charge in [0.1, 0.15) is 6.29 Å². The SMILES string of the molecule is O=Cc1ccc(N2CCC(C(=O)N(Cc3ccccc3)[C@@H](CO)c3ccccc3)CC2)cc1. The van der Waals surface area contributed by atoms with Crippen LogP contribution in [0.15, 0.2) is 84.9 Å². The van der Waals surface area contributed by atoms with Crippen LogP contribution in [0.4, 0.5) is 5.69 Å². The number of aldehydes is 1. The van der Waals surface area contributed by atoms with Gasteiger partial charge in [-0.3, -0.25) is 9.59 Å². The Bertz CT molecular complexity index is 1030. The highest BCUT2D eigenvalue weighted by atomic mass is 16.3. The average Bonchev–Trinajstić information content (AvgIpc) is 2.89. The molecule has 3 aromatic rings. The number of piperidine rings is 1. The van der Waals surface area contributed by atoms with Gasteiger partial charge < -0.3 is 14.9 Å². The van der Waals surface area contributed by atoms with Crippen molar-refractivity contribution < 1.29 is 14.7 Å². The summed E-state index contributed by atoms with van der Waals surface area (Å²) in [6.07, 6.45) is 2.36. The van der Waals surface area contributed by atoms with E-state index in [1.54, 1.807) is 0 Å². The number of rotatable bonds is 8. The molecule has 1 aliphatic rings. The second-order valence-corrected chi connectivity index (χ2v) is 8.53. The first-order valence-corrected chi connectivity index (χ1v) is 11.5. The number of anilines is 1. The Morgan fingerprint density at radius 2 is 1.55 bits per heavy atom. The minimum Gasteiger partial charge on any atom is -0.394 e. The lowest BCUT2D eigenvalue weighted by molar-refractivity contribution is -0.140. The predicted molar refractivity (Wildman–Crippen MR) is 130 cm³/mol. The number of carbonyl (C=O) groups is 2. The van der Waals surface area contributed by atoms with E-state index in [0.717, 1.165) is 49.0 Å². The smallest absolute Gasteiger partial charge is 0.226 e. The molecule has 0 unspecified atom stereocenters. The number of benzene rings is 3. The molecule has 4 rings (SSSR count). The molecule has 1 saturated heterocycles. The molecule has 1 atom stereocenters. The first-order chi connectivity index (χ1) is 16.2. The van der Waals surface area contributed by atoms with E-state index in [0.29, 0.717) is 12.1 Å². The predicted octanol–water partition coefficient (Wildman–Crippen LogP) is 4.48. The van der Waals surface area contributed by atoms with Crippen LogP contribution in [-0.2, 0) is 11.3 Å². The van der Waals surface area contributed by atoms with Crippen molar-refractivity contribution in [1.82, 2.24) is 4.90 Å². The third-order valence-electron chi connectivity index (χ3n) is 6.45. The molecule has 1 aliphatic heterocycles. The van der Waals surface area contributed by atoms with Crippen molar-refractivity contribution in [2.24, 2.45) is 5.92 Å². The highest BCUT2D eigenvalue weighted by molar-refractivity contribution is 5.80. The number of amides is 1. The van der Waals surface area contributed by atoms with Gasteiger partial charge in [0, 0.05) is 36.8 Å². The quantitative estimate of drug-likeness (QED) is 0.523. The summed E-state index contributed by atoms with van der Waals surface area (Å²) in [5.41, 5.74) is 3.73. The van der Waals surface area contributed by atoms with Crippen molar-refractivity contribution in [1.29, 1.82) is 0 Å². The van der Waals surface area contributed by atoms with E-state index >= 15 is 0 Å². The fourth-order valence-electron chi connectivity index (χ4n) is 4.56. The third kappa shape index (κ3) is 5.49. The van der Waals surface area contributed by atoms with Gasteiger partial charge in [0.05, 0.1) is 12.6 Å². The minimum atomic E-state index is -0.382.